The van der Waals surface area contributed by atoms with Gasteiger partial charge in [0, 0.05) is 12.7 Å². The smallest absolute Gasteiger partial charge is 0.0518 e. The molecule has 3 heteroatoms. The third-order valence-electron chi connectivity index (χ3n) is 1.75. The normalized spacial score (nSPS) is 11.0. The molecule has 0 atom stereocenters. The monoisotopic (exact) mass is 167 g/mol. The largest absolute Gasteiger partial charge is 0.309 e. The van der Waals surface area contributed by atoms with Gasteiger partial charge in [-0.05, 0) is 39.5 Å². The van der Waals surface area contributed by atoms with Gasteiger partial charge in [-0.25, -0.2) is 0 Å². The molecule has 0 aliphatic heterocycles. The van der Waals surface area contributed by atoms with Crippen molar-refractivity contribution in [3.63, 3.8) is 0 Å². The molecule has 0 N–H and O–H groups in total. The molecule has 0 spiro atoms. The van der Waals surface area contributed by atoms with E-state index in [9.17, 15) is 0 Å². The Balaban J connectivity index is 2.24. The van der Waals surface area contributed by atoms with E-state index in [1.807, 2.05) is 10.9 Å². The Hall–Kier alpha value is -0.830. The second-order valence-electron chi connectivity index (χ2n) is 3.44. The van der Waals surface area contributed by atoms with Crippen LogP contribution >= 0.6 is 0 Å². The minimum absolute atomic E-state index is 1.02. The van der Waals surface area contributed by atoms with Gasteiger partial charge in [0.25, 0.3) is 0 Å². The molecule has 0 radical (unpaired) electrons. The van der Waals surface area contributed by atoms with Crippen molar-refractivity contribution in [1.29, 1.82) is 0 Å². The second kappa shape index (κ2) is 4.26. The first-order valence-corrected chi connectivity index (χ1v) is 4.32. The zero-order valence-electron chi connectivity index (χ0n) is 8.12. The Bertz CT molecular complexity index is 227. The van der Waals surface area contributed by atoms with Gasteiger partial charge in [-0.2, -0.15) is 5.10 Å². The lowest BCUT2D eigenvalue weighted by molar-refractivity contribution is 0.380. The highest BCUT2D eigenvalue weighted by Gasteiger charge is 1.94. The fourth-order valence-electron chi connectivity index (χ4n) is 1.14. The summed E-state index contributed by atoms with van der Waals surface area (Å²) in [5.41, 5.74) is 1.24. The lowest BCUT2D eigenvalue weighted by atomic mass is 10.4. The summed E-state index contributed by atoms with van der Waals surface area (Å²) in [6, 6.07) is 0. The average Bonchev–Trinajstić information content (AvgIpc) is 2.35. The summed E-state index contributed by atoms with van der Waals surface area (Å²) in [4.78, 5) is 2.19. The van der Waals surface area contributed by atoms with Gasteiger partial charge >= 0.3 is 0 Å². The first-order valence-electron chi connectivity index (χ1n) is 4.32. The average molecular weight is 167 g/mol. The molecule has 68 valence electrons. The highest BCUT2D eigenvalue weighted by molar-refractivity contribution is 4.99. The standard InChI is InChI=1S/C9H17N3/c1-9-7-10-12(8-9)6-4-5-11(2)3/h7-8H,4-6H2,1-3H3. The number of aromatic nitrogens is 2. The lowest BCUT2D eigenvalue weighted by Gasteiger charge is -2.08. The molecule has 3 nitrogen and oxygen atoms in total. The molecular formula is C9H17N3. The molecule has 0 unspecified atom stereocenters. The Morgan fingerprint density at radius 3 is 2.75 bits per heavy atom. The predicted octanol–water partition coefficient (Wildman–Crippen LogP) is 1.14. The van der Waals surface area contributed by atoms with Crippen LogP contribution in [0, 0.1) is 6.92 Å². The van der Waals surface area contributed by atoms with Crippen LogP contribution in [0.2, 0.25) is 0 Å². The fraction of sp³-hybridized carbons (Fsp3) is 0.667. The van der Waals surface area contributed by atoms with Crippen molar-refractivity contribution in [2.45, 2.75) is 19.9 Å². The Kier molecular flexibility index (Phi) is 3.29. The summed E-state index contributed by atoms with van der Waals surface area (Å²) >= 11 is 0. The maximum Gasteiger partial charge on any atom is 0.0518 e. The summed E-state index contributed by atoms with van der Waals surface area (Å²) in [7, 11) is 4.18. The summed E-state index contributed by atoms with van der Waals surface area (Å²) in [5, 5.41) is 4.21. The number of hydrogen-bond donors (Lipinski definition) is 0. The van der Waals surface area contributed by atoms with E-state index in [4.69, 9.17) is 0 Å². The SMILES string of the molecule is Cc1cnn(CCCN(C)C)c1. The van der Waals surface area contributed by atoms with Crippen LogP contribution in [0.1, 0.15) is 12.0 Å². The zero-order valence-corrected chi connectivity index (χ0v) is 8.12. The lowest BCUT2D eigenvalue weighted by Crippen LogP contribution is -2.15. The van der Waals surface area contributed by atoms with Gasteiger partial charge in [-0.1, -0.05) is 0 Å². The van der Waals surface area contributed by atoms with Crippen LogP contribution in [0.25, 0.3) is 0 Å². The maximum atomic E-state index is 4.21. The van der Waals surface area contributed by atoms with Crippen molar-refractivity contribution in [3.8, 4) is 0 Å². The quantitative estimate of drug-likeness (QED) is 0.670. The molecule has 1 aromatic heterocycles. The number of nitrogens with zero attached hydrogens (tertiary/aromatic N) is 3. The molecule has 1 rings (SSSR count). The highest BCUT2D eigenvalue weighted by Crippen LogP contribution is 1.95. The first-order chi connectivity index (χ1) is 5.68. The molecule has 0 fully saturated rings. The van der Waals surface area contributed by atoms with Crippen LogP contribution in [0.15, 0.2) is 12.4 Å². The van der Waals surface area contributed by atoms with E-state index in [1.165, 1.54) is 5.56 Å². The molecule has 0 bridgehead atoms. The van der Waals surface area contributed by atoms with Crippen molar-refractivity contribution >= 4 is 0 Å². The van der Waals surface area contributed by atoms with E-state index in [0.717, 1.165) is 19.5 Å². The molecule has 0 saturated carbocycles. The van der Waals surface area contributed by atoms with Gasteiger partial charge in [-0.3, -0.25) is 4.68 Å². The van der Waals surface area contributed by atoms with Crippen LogP contribution in [-0.4, -0.2) is 35.3 Å². The van der Waals surface area contributed by atoms with Crippen molar-refractivity contribution in [1.82, 2.24) is 14.7 Å². The van der Waals surface area contributed by atoms with Crippen molar-refractivity contribution in [3.05, 3.63) is 18.0 Å². The van der Waals surface area contributed by atoms with Gasteiger partial charge in [0.2, 0.25) is 0 Å². The molecule has 0 aliphatic rings. The van der Waals surface area contributed by atoms with E-state index in [2.05, 4.69) is 37.2 Å². The van der Waals surface area contributed by atoms with Gasteiger partial charge in [-0.15, -0.1) is 0 Å². The summed E-state index contributed by atoms with van der Waals surface area (Å²) in [6.07, 6.45) is 5.14. The van der Waals surface area contributed by atoms with E-state index in [0.29, 0.717) is 0 Å². The van der Waals surface area contributed by atoms with Crippen molar-refractivity contribution < 1.29 is 0 Å². The van der Waals surface area contributed by atoms with Crippen molar-refractivity contribution in [2.24, 2.45) is 0 Å². The molecule has 0 aliphatic carbocycles. The second-order valence-corrected chi connectivity index (χ2v) is 3.44. The number of aryl methyl sites for hydroxylation is 2. The summed E-state index contributed by atoms with van der Waals surface area (Å²) in [5.74, 6) is 0. The van der Waals surface area contributed by atoms with Crippen LogP contribution in [0.4, 0.5) is 0 Å². The van der Waals surface area contributed by atoms with Crippen LogP contribution in [0.5, 0.6) is 0 Å². The Morgan fingerprint density at radius 2 is 2.25 bits per heavy atom. The van der Waals surface area contributed by atoms with Gasteiger partial charge in [0.15, 0.2) is 0 Å². The zero-order chi connectivity index (χ0) is 8.97. The molecule has 0 aromatic carbocycles. The molecule has 1 heterocycles. The fourth-order valence-corrected chi connectivity index (χ4v) is 1.14. The van der Waals surface area contributed by atoms with E-state index in [-0.39, 0.29) is 0 Å². The maximum absolute atomic E-state index is 4.21. The van der Waals surface area contributed by atoms with Gasteiger partial charge in [0.05, 0.1) is 6.20 Å². The van der Waals surface area contributed by atoms with E-state index in [1.54, 1.807) is 0 Å². The highest BCUT2D eigenvalue weighted by atomic mass is 15.3. The number of hydrogen-bond acceptors (Lipinski definition) is 2. The summed E-state index contributed by atoms with van der Waals surface area (Å²) in [6.45, 7) is 4.21. The topological polar surface area (TPSA) is 21.1 Å². The summed E-state index contributed by atoms with van der Waals surface area (Å²) < 4.78 is 2.00. The van der Waals surface area contributed by atoms with Gasteiger partial charge < -0.3 is 4.90 Å². The third-order valence-corrected chi connectivity index (χ3v) is 1.75. The van der Waals surface area contributed by atoms with Gasteiger partial charge in [0.1, 0.15) is 0 Å². The third kappa shape index (κ3) is 3.05. The van der Waals surface area contributed by atoms with E-state index >= 15 is 0 Å². The minimum atomic E-state index is 1.02. The first kappa shape index (κ1) is 9.26. The molecule has 1 aromatic rings. The van der Waals surface area contributed by atoms with Crippen LogP contribution in [-0.2, 0) is 6.54 Å². The molecule has 0 amide bonds. The van der Waals surface area contributed by atoms with Crippen LogP contribution in [0.3, 0.4) is 0 Å². The van der Waals surface area contributed by atoms with Crippen molar-refractivity contribution in [2.75, 3.05) is 20.6 Å². The van der Waals surface area contributed by atoms with Crippen LogP contribution < -0.4 is 0 Å². The molecule has 0 saturated heterocycles. The Morgan fingerprint density at radius 1 is 1.50 bits per heavy atom. The Labute approximate surface area is 74.0 Å². The number of rotatable bonds is 4. The minimum Gasteiger partial charge on any atom is -0.309 e. The predicted molar refractivity (Wildman–Crippen MR) is 50.1 cm³/mol. The molecule has 12 heavy (non-hydrogen) atoms. The molecular weight excluding hydrogens is 150 g/mol. The van der Waals surface area contributed by atoms with E-state index < -0.39 is 0 Å².